The summed E-state index contributed by atoms with van der Waals surface area (Å²) < 4.78 is 7.05. The Morgan fingerprint density at radius 2 is 1.59 bits per heavy atom. The van der Waals surface area contributed by atoms with Crippen LogP contribution in [0.2, 0.25) is 0 Å². The second kappa shape index (κ2) is 7.28. The number of ether oxygens (including phenoxy) is 1. The highest BCUT2D eigenvalue weighted by Crippen LogP contribution is 2.24. The van der Waals surface area contributed by atoms with Gasteiger partial charge < -0.3 is 4.74 Å². The summed E-state index contributed by atoms with van der Waals surface area (Å²) in [6.07, 6.45) is 10.6. The van der Waals surface area contributed by atoms with Crippen LogP contribution in [0.4, 0.5) is 0 Å². The standard InChI is InChI=1S/C20H17BrO/c21-19-12-10-17(11-13-19)18(14-16-6-4-5-7-16)15-22-20-8-2-1-3-9-20/h1-14,18H,15H2. The second-order valence-corrected chi connectivity index (χ2v) is 6.08. The third-order valence-corrected chi connectivity index (χ3v) is 4.08. The first-order chi connectivity index (χ1) is 10.8. The van der Waals surface area contributed by atoms with E-state index in [1.165, 1.54) is 11.1 Å². The molecule has 2 aromatic carbocycles. The zero-order valence-corrected chi connectivity index (χ0v) is 13.7. The number of hydrogen-bond donors (Lipinski definition) is 0. The molecule has 0 amide bonds. The summed E-state index contributed by atoms with van der Waals surface area (Å²) in [6, 6.07) is 18.4. The number of para-hydroxylation sites is 1. The lowest BCUT2D eigenvalue weighted by Gasteiger charge is -2.16. The van der Waals surface area contributed by atoms with Crippen molar-refractivity contribution in [3.05, 3.63) is 101 Å². The minimum Gasteiger partial charge on any atom is -0.493 e. The SMILES string of the molecule is Brc1ccc(C(C=C2C=CC=C2)COc2ccccc2)cc1. The minimum absolute atomic E-state index is 0.218. The first-order valence-electron chi connectivity index (χ1n) is 7.31. The third-order valence-electron chi connectivity index (χ3n) is 3.55. The Morgan fingerprint density at radius 3 is 2.27 bits per heavy atom. The summed E-state index contributed by atoms with van der Waals surface area (Å²) in [7, 11) is 0. The van der Waals surface area contributed by atoms with Gasteiger partial charge in [-0.15, -0.1) is 0 Å². The topological polar surface area (TPSA) is 9.23 Å². The molecule has 1 nitrogen and oxygen atoms in total. The van der Waals surface area contributed by atoms with Gasteiger partial charge in [0.05, 0.1) is 6.61 Å². The Labute approximate surface area is 139 Å². The van der Waals surface area contributed by atoms with Crippen LogP contribution in [0, 0.1) is 0 Å². The summed E-state index contributed by atoms with van der Waals surface area (Å²) in [5, 5.41) is 0. The predicted molar refractivity (Wildman–Crippen MR) is 95.2 cm³/mol. The molecule has 0 saturated heterocycles. The Bertz CT molecular complexity index is 682. The summed E-state index contributed by atoms with van der Waals surface area (Å²) in [5.41, 5.74) is 2.48. The molecule has 110 valence electrons. The zero-order valence-electron chi connectivity index (χ0n) is 12.2. The lowest BCUT2D eigenvalue weighted by molar-refractivity contribution is 0.306. The number of allylic oxidation sites excluding steroid dienone is 5. The van der Waals surface area contributed by atoms with Crippen LogP contribution >= 0.6 is 15.9 Å². The maximum atomic E-state index is 5.96. The normalized spacial score (nSPS) is 14.1. The molecule has 0 N–H and O–H groups in total. The van der Waals surface area contributed by atoms with E-state index in [4.69, 9.17) is 4.74 Å². The Hall–Kier alpha value is -2.06. The van der Waals surface area contributed by atoms with Crippen LogP contribution in [0.5, 0.6) is 5.75 Å². The van der Waals surface area contributed by atoms with Crippen LogP contribution in [0.15, 0.2) is 95.0 Å². The monoisotopic (exact) mass is 352 g/mol. The van der Waals surface area contributed by atoms with Gasteiger partial charge in [-0.25, -0.2) is 0 Å². The fourth-order valence-corrected chi connectivity index (χ4v) is 2.65. The molecule has 0 aliphatic heterocycles. The molecule has 0 fully saturated rings. The molecule has 0 spiro atoms. The number of rotatable bonds is 5. The Kier molecular flexibility index (Phi) is 4.92. The van der Waals surface area contributed by atoms with Crippen molar-refractivity contribution in [2.45, 2.75) is 5.92 Å². The van der Waals surface area contributed by atoms with Crippen LogP contribution < -0.4 is 4.74 Å². The maximum Gasteiger partial charge on any atom is 0.119 e. The summed E-state index contributed by atoms with van der Waals surface area (Å²) in [6.45, 7) is 0.622. The first kappa shape index (κ1) is 14.9. The minimum atomic E-state index is 0.218. The van der Waals surface area contributed by atoms with E-state index in [0.29, 0.717) is 6.61 Å². The van der Waals surface area contributed by atoms with Crippen molar-refractivity contribution in [1.29, 1.82) is 0 Å². The molecule has 0 bridgehead atoms. The smallest absolute Gasteiger partial charge is 0.119 e. The Morgan fingerprint density at radius 1 is 0.909 bits per heavy atom. The highest BCUT2D eigenvalue weighted by Gasteiger charge is 2.11. The molecule has 3 rings (SSSR count). The predicted octanol–water partition coefficient (Wildman–Crippen LogP) is 5.66. The Balaban J connectivity index is 1.79. The fourth-order valence-electron chi connectivity index (χ4n) is 2.39. The molecule has 2 aromatic rings. The van der Waals surface area contributed by atoms with Crippen molar-refractivity contribution < 1.29 is 4.74 Å². The van der Waals surface area contributed by atoms with E-state index in [-0.39, 0.29) is 5.92 Å². The number of benzene rings is 2. The lowest BCUT2D eigenvalue weighted by atomic mass is 9.97. The van der Waals surface area contributed by atoms with Crippen LogP contribution in [-0.4, -0.2) is 6.61 Å². The van der Waals surface area contributed by atoms with E-state index in [1.54, 1.807) is 0 Å². The molecule has 1 aliphatic carbocycles. The fraction of sp³-hybridized carbons (Fsp3) is 0.100. The van der Waals surface area contributed by atoms with E-state index in [0.717, 1.165) is 10.2 Å². The van der Waals surface area contributed by atoms with Crippen LogP contribution in [0.3, 0.4) is 0 Å². The number of halogens is 1. The average molecular weight is 353 g/mol. The van der Waals surface area contributed by atoms with Gasteiger partial charge >= 0.3 is 0 Å². The van der Waals surface area contributed by atoms with Crippen LogP contribution in [0.25, 0.3) is 0 Å². The molecule has 0 heterocycles. The van der Waals surface area contributed by atoms with Gasteiger partial charge in [0.15, 0.2) is 0 Å². The van der Waals surface area contributed by atoms with Gasteiger partial charge in [-0.3, -0.25) is 0 Å². The van der Waals surface area contributed by atoms with Crippen LogP contribution in [-0.2, 0) is 0 Å². The van der Waals surface area contributed by atoms with Crippen molar-refractivity contribution in [1.82, 2.24) is 0 Å². The molecule has 2 heteroatoms. The molecule has 0 radical (unpaired) electrons. The second-order valence-electron chi connectivity index (χ2n) is 5.17. The van der Waals surface area contributed by atoms with Crippen molar-refractivity contribution in [3.8, 4) is 5.75 Å². The molecular weight excluding hydrogens is 336 g/mol. The summed E-state index contributed by atoms with van der Waals surface area (Å²) in [5.74, 6) is 1.12. The molecular formula is C20H17BrO. The summed E-state index contributed by atoms with van der Waals surface area (Å²) in [4.78, 5) is 0. The highest BCUT2D eigenvalue weighted by atomic mass is 79.9. The molecule has 1 atom stereocenters. The van der Waals surface area contributed by atoms with Gasteiger partial charge in [-0.05, 0) is 35.4 Å². The van der Waals surface area contributed by atoms with E-state index < -0.39 is 0 Å². The van der Waals surface area contributed by atoms with Gasteiger partial charge in [-0.1, -0.05) is 76.6 Å². The molecule has 22 heavy (non-hydrogen) atoms. The van der Waals surface area contributed by atoms with Gasteiger partial charge in [-0.2, -0.15) is 0 Å². The first-order valence-corrected chi connectivity index (χ1v) is 8.10. The van der Waals surface area contributed by atoms with Crippen molar-refractivity contribution in [2.75, 3.05) is 6.61 Å². The van der Waals surface area contributed by atoms with Gasteiger partial charge in [0.2, 0.25) is 0 Å². The lowest BCUT2D eigenvalue weighted by Crippen LogP contribution is -2.08. The maximum absolute atomic E-state index is 5.96. The quantitative estimate of drug-likeness (QED) is 0.674. The van der Waals surface area contributed by atoms with Crippen LogP contribution in [0.1, 0.15) is 11.5 Å². The van der Waals surface area contributed by atoms with Crippen molar-refractivity contribution in [3.63, 3.8) is 0 Å². The van der Waals surface area contributed by atoms with Gasteiger partial charge in [0.1, 0.15) is 5.75 Å². The highest BCUT2D eigenvalue weighted by molar-refractivity contribution is 9.10. The average Bonchev–Trinajstić information content (AvgIpc) is 3.06. The van der Waals surface area contributed by atoms with E-state index in [9.17, 15) is 0 Å². The van der Waals surface area contributed by atoms with Gasteiger partial charge in [0, 0.05) is 10.4 Å². The number of hydrogen-bond acceptors (Lipinski definition) is 1. The largest absolute Gasteiger partial charge is 0.493 e. The van der Waals surface area contributed by atoms with Crippen molar-refractivity contribution in [2.24, 2.45) is 0 Å². The van der Waals surface area contributed by atoms with E-state index >= 15 is 0 Å². The molecule has 0 aromatic heterocycles. The van der Waals surface area contributed by atoms with Crippen molar-refractivity contribution >= 4 is 15.9 Å². The molecule has 0 saturated carbocycles. The van der Waals surface area contributed by atoms with E-state index in [1.807, 2.05) is 30.3 Å². The van der Waals surface area contributed by atoms with Gasteiger partial charge in [0.25, 0.3) is 0 Å². The third kappa shape index (κ3) is 3.99. The van der Waals surface area contributed by atoms with E-state index in [2.05, 4.69) is 70.6 Å². The summed E-state index contributed by atoms with van der Waals surface area (Å²) >= 11 is 3.49. The molecule has 1 unspecified atom stereocenters. The molecule has 1 aliphatic rings. The zero-order chi connectivity index (χ0) is 15.2.